The minimum absolute atomic E-state index is 0.0189. The quantitative estimate of drug-likeness (QED) is 0.925. The first kappa shape index (κ1) is 16.0. The van der Waals surface area contributed by atoms with E-state index >= 15 is 0 Å². The number of carbonyl (C=O) groups is 1. The molecule has 0 fully saturated rings. The van der Waals surface area contributed by atoms with E-state index in [1.165, 1.54) is 6.92 Å². The molecule has 1 aromatic rings. The zero-order valence-electron chi connectivity index (χ0n) is 12.9. The van der Waals surface area contributed by atoms with Crippen LogP contribution in [0.3, 0.4) is 0 Å². The molecule has 0 bridgehead atoms. The molecular formula is C15H22N2O3S. The molecule has 1 N–H and O–H groups in total. The van der Waals surface area contributed by atoms with Gasteiger partial charge in [0.05, 0.1) is 4.90 Å². The van der Waals surface area contributed by atoms with E-state index < -0.39 is 15.6 Å². The lowest BCUT2D eigenvalue weighted by Crippen LogP contribution is -2.42. The number of hydrogen-bond donors (Lipinski definition) is 1. The smallest absolute Gasteiger partial charge is 0.241 e. The van der Waals surface area contributed by atoms with Crippen molar-refractivity contribution in [2.24, 2.45) is 0 Å². The van der Waals surface area contributed by atoms with E-state index in [1.54, 1.807) is 23.1 Å². The van der Waals surface area contributed by atoms with Crippen LogP contribution in [0, 0.1) is 0 Å². The SMILES string of the molecule is CCC(C)(C)NS(=O)(=O)c1ccc2c(c1)CCN2C(C)=O. The summed E-state index contributed by atoms with van der Waals surface area (Å²) >= 11 is 0. The largest absolute Gasteiger partial charge is 0.312 e. The van der Waals surface area contributed by atoms with Crippen LogP contribution in [-0.2, 0) is 21.2 Å². The van der Waals surface area contributed by atoms with E-state index in [0.29, 0.717) is 19.4 Å². The molecule has 0 aliphatic carbocycles. The third-order valence-electron chi connectivity index (χ3n) is 3.93. The molecule has 2 rings (SSSR count). The predicted octanol–water partition coefficient (Wildman–Crippen LogP) is 2.06. The Morgan fingerprint density at radius 3 is 2.62 bits per heavy atom. The fourth-order valence-electron chi connectivity index (χ4n) is 2.37. The summed E-state index contributed by atoms with van der Waals surface area (Å²) in [6.07, 6.45) is 1.39. The van der Waals surface area contributed by atoms with Gasteiger partial charge in [-0.1, -0.05) is 6.92 Å². The Bertz CT molecular complexity index is 665. The molecule has 1 aliphatic rings. The Hall–Kier alpha value is -1.40. The lowest BCUT2D eigenvalue weighted by Gasteiger charge is -2.24. The summed E-state index contributed by atoms with van der Waals surface area (Å²) in [5.74, 6) is -0.0189. The van der Waals surface area contributed by atoms with Gasteiger partial charge in [-0.05, 0) is 50.5 Å². The number of benzene rings is 1. The zero-order chi connectivity index (χ0) is 15.8. The summed E-state index contributed by atoms with van der Waals surface area (Å²) in [6.45, 7) is 7.79. The zero-order valence-corrected chi connectivity index (χ0v) is 13.8. The summed E-state index contributed by atoms with van der Waals surface area (Å²) in [6, 6.07) is 4.96. The molecule has 0 unspecified atom stereocenters. The third kappa shape index (κ3) is 3.27. The number of fused-ring (bicyclic) bond motifs is 1. The van der Waals surface area contributed by atoms with Crippen molar-refractivity contribution in [3.8, 4) is 0 Å². The van der Waals surface area contributed by atoms with Crippen LogP contribution in [0.1, 0.15) is 39.7 Å². The molecule has 0 aromatic heterocycles. The summed E-state index contributed by atoms with van der Waals surface area (Å²) in [5.41, 5.74) is 1.24. The van der Waals surface area contributed by atoms with Crippen molar-refractivity contribution in [3.05, 3.63) is 23.8 Å². The molecule has 0 saturated carbocycles. The molecule has 0 spiro atoms. The minimum Gasteiger partial charge on any atom is -0.312 e. The van der Waals surface area contributed by atoms with Gasteiger partial charge in [-0.15, -0.1) is 0 Å². The van der Waals surface area contributed by atoms with Gasteiger partial charge in [-0.25, -0.2) is 13.1 Å². The second kappa shape index (κ2) is 5.42. The van der Waals surface area contributed by atoms with Gasteiger partial charge in [0.15, 0.2) is 0 Å². The van der Waals surface area contributed by atoms with Crippen molar-refractivity contribution < 1.29 is 13.2 Å². The van der Waals surface area contributed by atoms with E-state index in [4.69, 9.17) is 0 Å². The van der Waals surface area contributed by atoms with Crippen LogP contribution in [0.25, 0.3) is 0 Å². The Kier molecular flexibility index (Phi) is 4.13. The molecule has 21 heavy (non-hydrogen) atoms. The molecule has 1 aromatic carbocycles. The van der Waals surface area contributed by atoms with Crippen LogP contribution in [-0.4, -0.2) is 26.4 Å². The summed E-state index contributed by atoms with van der Waals surface area (Å²) in [7, 11) is -3.54. The first-order valence-electron chi connectivity index (χ1n) is 7.11. The fraction of sp³-hybridized carbons (Fsp3) is 0.533. The highest BCUT2D eigenvalue weighted by Crippen LogP contribution is 2.30. The lowest BCUT2D eigenvalue weighted by atomic mass is 10.0. The van der Waals surface area contributed by atoms with Gasteiger partial charge in [0, 0.05) is 24.7 Å². The van der Waals surface area contributed by atoms with E-state index in [1.807, 2.05) is 20.8 Å². The van der Waals surface area contributed by atoms with Gasteiger partial charge in [-0.3, -0.25) is 4.79 Å². The monoisotopic (exact) mass is 310 g/mol. The average molecular weight is 310 g/mol. The highest BCUT2D eigenvalue weighted by molar-refractivity contribution is 7.89. The third-order valence-corrected chi connectivity index (χ3v) is 5.63. The van der Waals surface area contributed by atoms with Crippen LogP contribution in [0.15, 0.2) is 23.1 Å². The van der Waals surface area contributed by atoms with Gasteiger partial charge in [0.2, 0.25) is 15.9 Å². The van der Waals surface area contributed by atoms with Gasteiger partial charge in [-0.2, -0.15) is 0 Å². The van der Waals surface area contributed by atoms with Crippen molar-refractivity contribution in [3.63, 3.8) is 0 Å². The van der Waals surface area contributed by atoms with Crippen molar-refractivity contribution >= 4 is 21.6 Å². The summed E-state index contributed by atoms with van der Waals surface area (Å²) < 4.78 is 27.6. The van der Waals surface area contributed by atoms with Crippen molar-refractivity contribution in [1.82, 2.24) is 4.72 Å². The number of rotatable bonds is 4. The van der Waals surface area contributed by atoms with Crippen molar-refractivity contribution in [2.45, 2.75) is 51.0 Å². The Balaban J connectivity index is 2.34. The Morgan fingerprint density at radius 1 is 1.38 bits per heavy atom. The molecule has 1 amide bonds. The molecule has 116 valence electrons. The van der Waals surface area contributed by atoms with E-state index in [0.717, 1.165) is 11.3 Å². The standard InChI is InChI=1S/C15H22N2O3S/c1-5-15(3,4)16-21(19,20)13-6-7-14-12(10-13)8-9-17(14)11(2)18/h6-7,10,16H,5,8-9H2,1-4H3. The van der Waals surface area contributed by atoms with Crippen molar-refractivity contribution in [1.29, 1.82) is 0 Å². The predicted molar refractivity (Wildman–Crippen MR) is 82.9 cm³/mol. The number of nitrogens with one attached hydrogen (secondary N) is 1. The van der Waals surface area contributed by atoms with Gasteiger partial charge in [0.25, 0.3) is 0 Å². The summed E-state index contributed by atoms with van der Waals surface area (Å²) in [5, 5.41) is 0. The average Bonchev–Trinajstić information content (AvgIpc) is 2.80. The maximum absolute atomic E-state index is 12.4. The molecule has 1 heterocycles. The van der Waals surface area contributed by atoms with Crippen LogP contribution < -0.4 is 9.62 Å². The van der Waals surface area contributed by atoms with E-state index in [2.05, 4.69) is 4.72 Å². The minimum atomic E-state index is -3.54. The topological polar surface area (TPSA) is 66.5 Å². The number of hydrogen-bond acceptors (Lipinski definition) is 3. The maximum Gasteiger partial charge on any atom is 0.241 e. The van der Waals surface area contributed by atoms with Crippen LogP contribution in [0.2, 0.25) is 0 Å². The number of sulfonamides is 1. The lowest BCUT2D eigenvalue weighted by molar-refractivity contribution is -0.116. The highest BCUT2D eigenvalue weighted by Gasteiger charge is 2.27. The van der Waals surface area contributed by atoms with E-state index in [9.17, 15) is 13.2 Å². The number of amides is 1. The Labute approximate surface area is 126 Å². The van der Waals surface area contributed by atoms with Crippen LogP contribution >= 0.6 is 0 Å². The first-order chi connectivity index (χ1) is 9.66. The molecular weight excluding hydrogens is 288 g/mol. The molecule has 0 atom stereocenters. The fourth-order valence-corrected chi connectivity index (χ4v) is 3.90. The number of anilines is 1. The second-order valence-electron chi connectivity index (χ2n) is 6.05. The number of nitrogens with zero attached hydrogens (tertiary/aromatic N) is 1. The van der Waals surface area contributed by atoms with E-state index in [-0.39, 0.29) is 10.8 Å². The maximum atomic E-state index is 12.4. The number of carbonyl (C=O) groups excluding carboxylic acids is 1. The van der Waals surface area contributed by atoms with Gasteiger partial charge in [0.1, 0.15) is 0 Å². The molecule has 0 radical (unpaired) electrons. The van der Waals surface area contributed by atoms with Crippen molar-refractivity contribution in [2.75, 3.05) is 11.4 Å². The molecule has 5 nitrogen and oxygen atoms in total. The van der Waals surface area contributed by atoms with Gasteiger partial charge >= 0.3 is 0 Å². The van der Waals surface area contributed by atoms with Crippen LogP contribution in [0.5, 0.6) is 0 Å². The first-order valence-corrected chi connectivity index (χ1v) is 8.59. The molecule has 1 aliphatic heterocycles. The highest BCUT2D eigenvalue weighted by atomic mass is 32.2. The summed E-state index contributed by atoms with van der Waals surface area (Å²) in [4.78, 5) is 13.4. The van der Waals surface area contributed by atoms with Crippen LogP contribution in [0.4, 0.5) is 5.69 Å². The molecule has 0 saturated heterocycles. The second-order valence-corrected chi connectivity index (χ2v) is 7.74. The normalized spacial score (nSPS) is 15.1. The Morgan fingerprint density at radius 2 is 2.05 bits per heavy atom. The molecule has 6 heteroatoms. The van der Waals surface area contributed by atoms with Gasteiger partial charge < -0.3 is 4.90 Å².